The number of carbonyl (C=O) groups is 6. The van der Waals surface area contributed by atoms with Crippen molar-refractivity contribution in [1.82, 2.24) is 21.0 Å². The maximum atomic E-state index is 11.9. The number of urea groups is 1. The number of amides is 5. The molecular formula is C30H48N4O12S. The predicted molar refractivity (Wildman–Crippen MR) is 167 cm³/mol. The summed E-state index contributed by atoms with van der Waals surface area (Å²) in [7, 11) is 0. The fourth-order valence-corrected chi connectivity index (χ4v) is 6.90. The summed E-state index contributed by atoms with van der Waals surface area (Å²) < 4.78 is 22.5. The van der Waals surface area contributed by atoms with E-state index in [9.17, 15) is 28.8 Å². The highest BCUT2D eigenvalue weighted by atomic mass is 32.2. The molecule has 0 aliphatic carbocycles. The highest BCUT2D eigenvalue weighted by Crippen LogP contribution is 2.39. The van der Waals surface area contributed by atoms with Crippen LogP contribution in [0, 0.1) is 0 Å². The molecule has 3 fully saturated rings. The van der Waals surface area contributed by atoms with Gasteiger partial charge < -0.3 is 44.8 Å². The molecule has 47 heavy (non-hydrogen) atoms. The van der Waals surface area contributed by atoms with Crippen LogP contribution in [-0.2, 0) is 47.8 Å². The Balaban J connectivity index is 1.06. The first-order chi connectivity index (χ1) is 22.7. The Morgan fingerprint density at radius 2 is 1.36 bits per heavy atom. The number of hydrogen-bond donors (Lipinski definition) is 4. The van der Waals surface area contributed by atoms with Gasteiger partial charge in [-0.3, -0.25) is 19.2 Å². The number of carbonyl (C=O) groups excluding carboxylic acids is 5. The lowest BCUT2D eigenvalue weighted by Gasteiger charge is -2.17. The van der Waals surface area contributed by atoms with Gasteiger partial charge in [0.05, 0.1) is 58.3 Å². The molecule has 0 saturated carbocycles. The summed E-state index contributed by atoms with van der Waals surface area (Å²) in [4.78, 5) is 74.0. The van der Waals surface area contributed by atoms with Crippen LogP contribution in [0.25, 0.3) is 0 Å². The zero-order valence-corrected chi connectivity index (χ0v) is 27.6. The van der Waals surface area contributed by atoms with Crippen molar-refractivity contribution in [2.24, 2.45) is 0 Å². The molecule has 0 spiro atoms. The van der Waals surface area contributed by atoms with Gasteiger partial charge in [0.15, 0.2) is 0 Å². The third kappa shape index (κ3) is 14.8. The van der Waals surface area contributed by atoms with E-state index in [0.717, 1.165) is 25.7 Å². The second-order valence-electron chi connectivity index (χ2n) is 11.4. The summed E-state index contributed by atoms with van der Waals surface area (Å²) >= 11 is 1.67. The first-order valence-electron chi connectivity index (χ1n) is 16.4. The first kappa shape index (κ1) is 38.5. The van der Waals surface area contributed by atoms with Crippen molar-refractivity contribution in [2.75, 3.05) is 52.8 Å². The SMILES string of the molecule is O=C(O)CCCC[C@@H]1S[C@@H](OCCOCCOCCOCCNC(=O)CCCCCCC(=O)ON2C(=O)CCC2=O)[C@@H]2NC(=O)N[C@@H]21. The van der Waals surface area contributed by atoms with E-state index in [-0.39, 0.29) is 60.4 Å². The lowest BCUT2D eigenvalue weighted by Crippen LogP contribution is -2.40. The van der Waals surface area contributed by atoms with Crippen LogP contribution in [0.2, 0.25) is 0 Å². The minimum Gasteiger partial charge on any atom is -0.481 e. The maximum absolute atomic E-state index is 11.9. The molecule has 3 rings (SSSR count). The Morgan fingerprint density at radius 1 is 0.766 bits per heavy atom. The monoisotopic (exact) mass is 688 g/mol. The molecule has 0 aromatic carbocycles. The molecule has 3 aliphatic heterocycles. The Hall–Kier alpha value is -2.99. The quantitative estimate of drug-likeness (QED) is 0.0574. The number of hydrogen-bond acceptors (Lipinski definition) is 12. The van der Waals surface area contributed by atoms with Gasteiger partial charge in [-0.05, 0) is 25.7 Å². The van der Waals surface area contributed by atoms with E-state index in [1.165, 1.54) is 0 Å². The van der Waals surface area contributed by atoms with E-state index in [2.05, 4.69) is 16.0 Å². The number of unbranched alkanes of at least 4 members (excludes halogenated alkanes) is 4. The number of thioether (sulfide) groups is 1. The number of ether oxygens (including phenoxy) is 4. The van der Waals surface area contributed by atoms with Gasteiger partial charge in [-0.25, -0.2) is 9.59 Å². The van der Waals surface area contributed by atoms with Crippen molar-refractivity contribution in [1.29, 1.82) is 0 Å². The minimum absolute atomic E-state index is 0.0329. The normalized spacial score (nSPS) is 21.9. The van der Waals surface area contributed by atoms with Gasteiger partial charge in [0.1, 0.15) is 5.44 Å². The average molecular weight is 689 g/mol. The number of nitrogens with zero attached hydrogens (tertiary/aromatic N) is 1. The van der Waals surface area contributed by atoms with Crippen LogP contribution in [0.5, 0.6) is 0 Å². The summed E-state index contributed by atoms with van der Waals surface area (Å²) in [6.07, 6.45) is 5.71. The van der Waals surface area contributed by atoms with E-state index in [1.807, 2.05) is 0 Å². The molecule has 17 heteroatoms. The Labute approximate surface area is 278 Å². The van der Waals surface area contributed by atoms with Crippen LogP contribution in [0.4, 0.5) is 4.79 Å². The van der Waals surface area contributed by atoms with Gasteiger partial charge in [0.25, 0.3) is 11.8 Å². The van der Waals surface area contributed by atoms with Crippen LogP contribution in [-0.4, -0.2) is 121 Å². The van der Waals surface area contributed by atoms with Gasteiger partial charge in [0.2, 0.25) is 5.91 Å². The Bertz CT molecular complexity index is 1030. The van der Waals surface area contributed by atoms with Crippen LogP contribution in [0.3, 0.4) is 0 Å². The fourth-order valence-electron chi connectivity index (χ4n) is 5.27. The van der Waals surface area contributed by atoms with E-state index < -0.39 is 23.8 Å². The second-order valence-corrected chi connectivity index (χ2v) is 12.7. The molecule has 0 aromatic heterocycles. The smallest absolute Gasteiger partial charge is 0.333 e. The predicted octanol–water partition coefficient (Wildman–Crippen LogP) is 1.25. The fraction of sp³-hybridized carbons (Fsp3) is 0.800. The molecule has 0 unspecified atom stereocenters. The van der Waals surface area contributed by atoms with Crippen LogP contribution < -0.4 is 16.0 Å². The molecule has 3 saturated heterocycles. The highest BCUT2D eigenvalue weighted by Gasteiger charge is 2.49. The largest absolute Gasteiger partial charge is 0.481 e. The zero-order chi connectivity index (χ0) is 33.9. The van der Waals surface area contributed by atoms with Crippen LogP contribution >= 0.6 is 11.8 Å². The number of carboxylic acid groups (broad SMARTS) is 1. The van der Waals surface area contributed by atoms with Crippen molar-refractivity contribution in [2.45, 2.75) is 99.8 Å². The van der Waals surface area contributed by atoms with Crippen LogP contribution in [0.1, 0.15) is 77.0 Å². The maximum Gasteiger partial charge on any atom is 0.333 e. The molecule has 5 amide bonds. The number of nitrogens with one attached hydrogen (secondary N) is 3. The van der Waals surface area contributed by atoms with E-state index >= 15 is 0 Å². The lowest BCUT2D eigenvalue weighted by atomic mass is 10.0. The molecule has 3 aliphatic rings. The second kappa shape index (κ2) is 21.8. The zero-order valence-electron chi connectivity index (χ0n) is 26.7. The molecular weight excluding hydrogens is 640 g/mol. The molecule has 0 bridgehead atoms. The molecule has 16 nitrogen and oxygen atoms in total. The van der Waals surface area contributed by atoms with Gasteiger partial charge >= 0.3 is 18.0 Å². The molecule has 4 atom stereocenters. The molecule has 266 valence electrons. The summed E-state index contributed by atoms with van der Waals surface area (Å²) in [6.45, 7) is 3.12. The minimum atomic E-state index is -0.797. The third-order valence-corrected chi connectivity index (χ3v) is 9.25. The van der Waals surface area contributed by atoms with Gasteiger partial charge in [-0.2, -0.15) is 0 Å². The highest BCUT2D eigenvalue weighted by molar-refractivity contribution is 8.00. The summed E-state index contributed by atoms with van der Waals surface area (Å²) in [6, 6.07) is -0.361. The Kier molecular flexibility index (Phi) is 17.8. The topological polar surface area (TPSA) is 208 Å². The van der Waals surface area contributed by atoms with E-state index in [4.69, 9.17) is 28.9 Å². The van der Waals surface area contributed by atoms with Gasteiger partial charge in [0, 0.05) is 43.9 Å². The first-order valence-corrected chi connectivity index (χ1v) is 17.3. The number of aliphatic carboxylic acids is 1. The number of rotatable bonds is 26. The van der Waals surface area contributed by atoms with Gasteiger partial charge in [-0.15, -0.1) is 16.8 Å². The van der Waals surface area contributed by atoms with Crippen molar-refractivity contribution in [3.8, 4) is 0 Å². The summed E-state index contributed by atoms with van der Waals surface area (Å²) in [5.41, 5.74) is -0.190. The van der Waals surface area contributed by atoms with Crippen molar-refractivity contribution >= 4 is 47.5 Å². The Morgan fingerprint density at radius 3 is 2.04 bits per heavy atom. The lowest BCUT2D eigenvalue weighted by molar-refractivity contribution is -0.197. The van der Waals surface area contributed by atoms with E-state index in [0.29, 0.717) is 83.5 Å². The standard InChI is InChI=1S/C30H48N4O12S/c35-22(8-3-1-2-4-10-26(40)46-34-23(36)11-12-24(34)37)31-13-14-42-15-16-43-17-18-44-19-20-45-29-28-27(32-30(41)33-28)21(47-29)7-5-6-9-25(38)39/h21,27-29H,1-20H2,(H,31,35)(H,38,39)(H2,32,33,41)/t21-,27+,28+,29+/m0/s1. The van der Waals surface area contributed by atoms with Gasteiger partial charge in [-0.1, -0.05) is 19.3 Å². The summed E-state index contributed by atoms with van der Waals surface area (Å²) in [5, 5.41) is 18.2. The third-order valence-electron chi connectivity index (χ3n) is 7.67. The number of carboxylic acids is 1. The number of imide groups is 1. The molecule has 0 radical (unpaired) electrons. The summed E-state index contributed by atoms with van der Waals surface area (Å²) in [5.74, 6) is -2.46. The molecule has 4 N–H and O–H groups in total. The number of fused-ring (bicyclic) bond motifs is 1. The molecule has 3 heterocycles. The van der Waals surface area contributed by atoms with Crippen molar-refractivity contribution in [3.63, 3.8) is 0 Å². The van der Waals surface area contributed by atoms with Crippen molar-refractivity contribution < 1.29 is 57.7 Å². The van der Waals surface area contributed by atoms with Crippen molar-refractivity contribution in [3.05, 3.63) is 0 Å². The molecule has 0 aromatic rings. The number of hydroxylamine groups is 2. The van der Waals surface area contributed by atoms with E-state index in [1.54, 1.807) is 11.8 Å². The van der Waals surface area contributed by atoms with Crippen LogP contribution in [0.15, 0.2) is 0 Å². The average Bonchev–Trinajstić information content (AvgIpc) is 3.68.